The van der Waals surface area contributed by atoms with Crippen LogP contribution in [0.5, 0.6) is 5.75 Å². The fraction of sp³-hybridized carbons (Fsp3) is 0.500. The summed E-state index contributed by atoms with van der Waals surface area (Å²) in [7, 11) is 1.71. The molecule has 2 heteroatoms. The van der Waals surface area contributed by atoms with Gasteiger partial charge in [0.15, 0.2) is 0 Å². The quantitative estimate of drug-likeness (QED) is 0.745. The van der Waals surface area contributed by atoms with Gasteiger partial charge in [-0.15, -0.1) is 0 Å². The van der Waals surface area contributed by atoms with Crippen LogP contribution in [0.25, 0.3) is 0 Å². The maximum atomic E-state index is 5.70. The molecular weight excluding hydrogens is 174 g/mol. The molecule has 0 atom stereocenters. The van der Waals surface area contributed by atoms with Crippen molar-refractivity contribution in [2.45, 2.75) is 25.7 Å². The maximum Gasteiger partial charge on any atom is 0.124 e. The molecule has 1 fully saturated rings. The molecule has 1 aliphatic carbocycles. The minimum atomic E-state index is 0.777. The van der Waals surface area contributed by atoms with Crippen molar-refractivity contribution in [3.05, 3.63) is 23.8 Å². The summed E-state index contributed by atoms with van der Waals surface area (Å²) in [6, 6.07) is 5.96. The third-order valence-electron chi connectivity index (χ3n) is 3.04. The minimum absolute atomic E-state index is 0.777. The predicted molar refractivity (Wildman–Crippen MR) is 58.5 cm³/mol. The van der Waals surface area contributed by atoms with Crippen molar-refractivity contribution in [3.8, 4) is 5.75 Å². The summed E-state index contributed by atoms with van der Waals surface area (Å²) in [5.41, 5.74) is 7.77. The fourth-order valence-electron chi connectivity index (χ4n) is 1.94. The molecule has 2 rings (SSSR count). The Morgan fingerprint density at radius 3 is 2.79 bits per heavy atom. The Hall–Kier alpha value is -1.18. The molecule has 1 saturated carbocycles. The normalized spacial score (nSPS) is 16.4. The van der Waals surface area contributed by atoms with E-state index in [0.29, 0.717) is 0 Å². The molecule has 0 saturated heterocycles. The van der Waals surface area contributed by atoms with E-state index in [9.17, 15) is 0 Å². The summed E-state index contributed by atoms with van der Waals surface area (Å²) in [5, 5.41) is 0. The second-order valence-electron chi connectivity index (χ2n) is 4.07. The number of anilines is 1. The van der Waals surface area contributed by atoms with Crippen LogP contribution in [0.15, 0.2) is 18.2 Å². The lowest BCUT2D eigenvalue weighted by Crippen LogP contribution is -2.14. The Balaban J connectivity index is 2.14. The van der Waals surface area contributed by atoms with E-state index in [0.717, 1.165) is 23.8 Å². The number of ether oxygens (including phenoxy) is 1. The van der Waals surface area contributed by atoms with E-state index < -0.39 is 0 Å². The number of hydrogen-bond donors (Lipinski definition) is 1. The fourth-order valence-corrected chi connectivity index (χ4v) is 1.94. The van der Waals surface area contributed by atoms with E-state index in [-0.39, 0.29) is 0 Å². The molecular formula is C12H17NO. The van der Waals surface area contributed by atoms with Gasteiger partial charge in [0.1, 0.15) is 5.75 Å². The molecule has 1 aromatic rings. The van der Waals surface area contributed by atoms with E-state index in [4.69, 9.17) is 10.5 Å². The van der Waals surface area contributed by atoms with Crippen molar-refractivity contribution in [2.24, 2.45) is 5.92 Å². The molecule has 0 heterocycles. The van der Waals surface area contributed by atoms with E-state index >= 15 is 0 Å². The topological polar surface area (TPSA) is 35.2 Å². The summed E-state index contributed by atoms with van der Waals surface area (Å²) in [6.45, 7) is 0. The highest BCUT2D eigenvalue weighted by Gasteiger charge is 2.19. The number of nitrogens with two attached hydrogens (primary N) is 1. The SMILES string of the molecule is COc1cc(N)ccc1CC1CCC1. The van der Waals surface area contributed by atoms with Gasteiger partial charge in [0.05, 0.1) is 7.11 Å². The van der Waals surface area contributed by atoms with Gasteiger partial charge < -0.3 is 10.5 Å². The van der Waals surface area contributed by atoms with Gasteiger partial charge in [0.25, 0.3) is 0 Å². The highest BCUT2D eigenvalue weighted by Crippen LogP contribution is 2.33. The van der Waals surface area contributed by atoms with E-state index in [1.165, 1.54) is 24.8 Å². The molecule has 2 N–H and O–H groups in total. The van der Waals surface area contributed by atoms with Gasteiger partial charge in [-0.2, -0.15) is 0 Å². The second-order valence-corrected chi connectivity index (χ2v) is 4.07. The van der Waals surface area contributed by atoms with Crippen LogP contribution < -0.4 is 10.5 Å². The zero-order chi connectivity index (χ0) is 9.97. The molecule has 0 bridgehead atoms. The van der Waals surface area contributed by atoms with Crippen molar-refractivity contribution < 1.29 is 4.74 Å². The van der Waals surface area contributed by atoms with Crippen molar-refractivity contribution >= 4 is 5.69 Å². The average Bonchev–Trinajstić information content (AvgIpc) is 2.13. The Kier molecular flexibility index (Phi) is 2.62. The first-order chi connectivity index (χ1) is 6.79. The third kappa shape index (κ3) is 1.84. The van der Waals surface area contributed by atoms with Gasteiger partial charge >= 0.3 is 0 Å². The van der Waals surface area contributed by atoms with Gasteiger partial charge in [-0.25, -0.2) is 0 Å². The molecule has 2 nitrogen and oxygen atoms in total. The van der Waals surface area contributed by atoms with Gasteiger partial charge in [-0.1, -0.05) is 25.3 Å². The Bertz CT molecular complexity index is 318. The molecule has 14 heavy (non-hydrogen) atoms. The van der Waals surface area contributed by atoms with E-state index in [1.807, 2.05) is 12.1 Å². The monoisotopic (exact) mass is 191 g/mol. The number of nitrogen functional groups attached to an aromatic ring is 1. The minimum Gasteiger partial charge on any atom is -0.496 e. The smallest absolute Gasteiger partial charge is 0.124 e. The highest BCUT2D eigenvalue weighted by atomic mass is 16.5. The second kappa shape index (κ2) is 3.91. The molecule has 0 spiro atoms. The first-order valence-electron chi connectivity index (χ1n) is 5.22. The van der Waals surface area contributed by atoms with Crippen LogP contribution in [0.2, 0.25) is 0 Å². The molecule has 0 aromatic heterocycles. The average molecular weight is 191 g/mol. The van der Waals surface area contributed by atoms with E-state index in [1.54, 1.807) is 7.11 Å². The number of benzene rings is 1. The molecule has 1 aliphatic rings. The summed E-state index contributed by atoms with van der Waals surface area (Å²) in [5.74, 6) is 1.81. The number of hydrogen-bond acceptors (Lipinski definition) is 2. The first kappa shape index (κ1) is 9.38. The summed E-state index contributed by atoms with van der Waals surface area (Å²) >= 11 is 0. The Morgan fingerprint density at radius 2 is 2.21 bits per heavy atom. The van der Waals surface area contributed by atoms with Crippen molar-refractivity contribution in [1.29, 1.82) is 0 Å². The van der Waals surface area contributed by atoms with Crippen LogP contribution in [0.3, 0.4) is 0 Å². The van der Waals surface area contributed by atoms with E-state index in [2.05, 4.69) is 6.07 Å². The largest absolute Gasteiger partial charge is 0.496 e. The van der Waals surface area contributed by atoms with Gasteiger partial charge in [0.2, 0.25) is 0 Å². The van der Waals surface area contributed by atoms with Crippen LogP contribution in [0.1, 0.15) is 24.8 Å². The molecule has 0 aliphatic heterocycles. The van der Waals surface area contributed by atoms with Gasteiger partial charge in [0, 0.05) is 11.8 Å². The van der Waals surface area contributed by atoms with Crippen LogP contribution in [-0.2, 0) is 6.42 Å². The van der Waals surface area contributed by atoms with Crippen LogP contribution in [0.4, 0.5) is 5.69 Å². The lowest BCUT2D eigenvalue weighted by Gasteiger charge is -2.26. The maximum absolute atomic E-state index is 5.70. The number of methoxy groups -OCH3 is 1. The first-order valence-corrected chi connectivity index (χ1v) is 5.22. The standard InChI is InChI=1S/C12H17NO/c1-14-12-8-11(13)6-5-10(12)7-9-3-2-4-9/h5-6,8-9H,2-4,7,13H2,1H3. The van der Waals surface area contributed by atoms with Crippen molar-refractivity contribution in [3.63, 3.8) is 0 Å². The molecule has 0 unspecified atom stereocenters. The van der Waals surface area contributed by atoms with Crippen LogP contribution in [0, 0.1) is 5.92 Å². The summed E-state index contributed by atoms with van der Waals surface area (Å²) in [4.78, 5) is 0. The Labute approximate surface area is 85.1 Å². The summed E-state index contributed by atoms with van der Waals surface area (Å²) in [6.07, 6.45) is 5.27. The van der Waals surface area contributed by atoms with Crippen LogP contribution >= 0.6 is 0 Å². The van der Waals surface area contributed by atoms with Gasteiger partial charge in [-0.05, 0) is 24.0 Å². The molecule has 0 amide bonds. The van der Waals surface area contributed by atoms with Gasteiger partial charge in [-0.3, -0.25) is 0 Å². The third-order valence-corrected chi connectivity index (χ3v) is 3.04. The zero-order valence-corrected chi connectivity index (χ0v) is 8.62. The van der Waals surface area contributed by atoms with Crippen LogP contribution in [-0.4, -0.2) is 7.11 Å². The lowest BCUT2D eigenvalue weighted by molar-refractivity contribution is 0.309. The summed E-state index contributed by atoms with van der Waals surface area (Å²) < 4.78 is 5.32. The molecule has 0 radical (unpaired) electrons. The highest BCUT2D eigenvalue weighted by molar-refractivity contribution is 5.48. The lowest BCUT2D eigenvalue weighted by atomic mass is 9.81. The zero-order valence-electron chi connectivity index (χ0n) is 8.62. The predicted octanol–water partition coefficient (Wildman–Crippen LogP) is 2.62. The Morgan fingerprint density at radius 1 is 1.43 bits per heavy atom. The van der Waals surface area contributed by atoms with Crippen molar-refractivity contribution in [2.75, 3.05) is 12.8 Å². The number of rotatable bonds is 3. The molecule has 76 valence electrons. The molecule has 1 aromatic carbocycles. The van der Waals surface area contributed by atoms with Crippen molar-refractivity contribution in [1.82, 2.24) is 0 Å².